The van der Waals surface area contributed by atoms with Crippen molar-refractivity contribution in [1.82, 2.24) is 9.69 Å². The number of hydrogen-bond donors (Lipinski definition) is 2. The number of aromatic nitrogens is 1. The predicted molar refractivity (Wildman–Crippen MR) is 161 cm³/mol. The van der Waals surface area contributed by atoms with Gasteiger partial charge in [0.25, 0.3) is 5.91 Å². The predicted octanol–water partition coefficient (Wildman–Crippen LogP) is 8.17. The molecule has 6 rings (SSSR count). The molecule has 0 aliphatic rings. The van der Waals surface area contributed by atoms with Crippen LogP contribution in [-0.4, -0.2) is 21.4 Å². The number of nitrogens with one attached hydrogen (secondary N) is 1. The highest BCUT2D eigenvalue weighted by atomic mass is 32.1. The van der Waals surface area contributed by atoms with Gasteiger partial charge in [0.1, 0.15) is 11.6 Å². The van der Waals surface area contributed by atoms with Crippen LogP contribution in [0.25, 0.3) is 32.0 Å². The minimum Gasteiger partial charge on any atom is -0.478 e. The van der Waals surface area contributed by atoms with E-state index in [1.807, 2.05) is 31.2 Å². The second kappa shape index (κ2) is 11.1. The highest BCUT2D eigenvalue weighted by molar-refractivity contribution is 7.13. The first-order chi connectivity index (χ1) is 20.2. The van der Waals surface area contributed by atoms with Crippen LogP contribution in [0.4, 0.5) is 8.78 Å². The van der Waals surface area contributed by atoms with Gasteiger partial charge >= 0.3 is 5.97 Å². The molecule has 1 amide bonds. The summed E-state index contributed by atoms with van der Waals surface area (Å²) in [5, 5.41) is 14.7. The van der Waals surface area contributed by atoms with E-state index < -0.39 is 12.0 Å². The number of benzene rings is 5. The monoisotopic (exact) mass is 578 g/mol. The standard InChI is InChI=1S/C34H24F2N2O3S/c1-19(21-4-6-24(7-5-21)34(40)41)37-33(39)29-17-26(23-8-11-27(35)12-9-23)18-31-32(29)30(38-42-31)15-20-2-3-22-10-13-28(36)16-25(22)14-20/h2-14,16-19H,15H2,1H3,(H,37,39)(H,40,41)/t19-/m0/s1. The Kier molecular flexibility index (Phi) is 7.22. The van der Waals surface area contributed by atoms with Crippen molar-refractivity contribution in [3.63, 3.8) is 0 Å². The maximum absolute atomic E-state index is 13.9. The van der Waals surface area contributed by atoms with Gasteiger partial charge in [0.05, 0.1) is 27.6 Å². The summed E-state index contributed by atoms with van der Waals surface area (Å²) in [5.74, 6) is -2.00. The van der Waals surface area contributed by atoms with Crippen LogP contribution in [0, 0.1) is 11.6 Å². The van der Waals surface area contributed by atoms with Crippen molar-refractivity contribution in [3.05, 3.63) is 137 Å². The summed E-state index contributed by atoms with van der Waals surface area (Å²) < 4.78 is 33.0. The zero-order chi connectivity index (χ0) is 29.4. The van der Waals surface area contributed by atoms with Crippen LogP contribution in [0.2, 0.25) is 0 Å². The van der Waals surface area contributed by atoms with E-state index in [1.165, 1.54) is 47.9 Å². The number of aromatic carboxylic acids is 1. The lowest BCUT2D eigenvalue weighted by Crippen LogP contribution is -2.27. The molecule has 0 unspecified atom stereocenters. The molecule has 42 heavy (non-hydrogen) atoms. The van der Waals surface area contributed by atoms with Gasteiger partial charge in [0, 0.05) is 11.8 Å². The fourth-order valence-electron chi connectivity index (χ4n) is 5.09. The van der Waals surface area contributed by atoms with Crippen LogP contribution >= 0.6 is 11.5 Å². The van der Waals surface area contributed by atoms with Gasteiger partial charge in [-0.3, -0.25) is 4.79 Å². The maximum atomic E-state index is 13.9. The van der Waals surface area contributed by atoms with Crippen molar-refractivity contribution < 1.29 is 23.5 Å². The van der Waals surface area contributed by atoms with Gasteiger partial charge < -0.3 is 10.4 Å². The second-order valence-electron chi connectivity index (χ2n) is 10.2. The fourth-order valence-corrected chi connectivity index (χ4v) is 5.95. The molecule has 0 spiro atoms. The molecule has 0 aliphatic carbocycles. The number of carboxylic acids is 1. The normalized spacial score (nSPS) is 12.0. The van der Waals surface area contributed by atoms with Crippen LogP contribution in [-0.2, 0) is 6.42 Å². The molecule has 1 heterocycles. The number of carbonyl (C=O) groups is 2. The Morgan fingerprint density at radius 3 is 2.29 bits per heavy atom. The third-order valence-electron chi connectivity index (χ3n) is 7.31. The SMILES string of the molecule is C[C@H](NC(=O)c1cc(-c2ccc(F)cc2)cc2snc(Cc3ccc4ccc(F)cc4c3)c12)c1ccc(C(=O)O)cc1. The highest BCUT2D eigenvalue weighted by Gasteiger charge is 2.21. The number of carboxylic acid groups (broad SMARTS) is 1. The molecule has 2 N–H and O–H groups in total. The Morgan fingerprint density at radius 1 is 0.833 bits per heavy atom. The summed E-state index contributed by atoms with van der Waals surface area (Å²) in [7, 11) is 0. The molecule has 5 aromatic carbocycles. The van der Waals surface area contributed by atoms with Crippen molar-refractivity contribution in [2.24, 2.45) is 0 Å². The average molecular weight is 579 g/mol. The number of fused-ring (bicyclic) bond motifs is 2. The molecular weight excluding hydrogens is 554 g/mol. The summed E-state index contributed by atoms with van der Waals surface area (Å²) in [6.45, 7) is 1.83. The molecule has 1 aromatic heterocycles. The molecular formula is C34H24F2N2O3S. The van der Waals surface area contributed by atoms with Crippen molar-refractivity contribution in [2.75, 3.05) is 0 Å². The topological polar surface area (TPSA) is 79.3 Å². The van der Waals surface area contributed by atoms with E-state index in [4.69, 9.17) is 4.37 Å². The first-order valence-corrected chi connectivity index (χ1v) is 14.0. The number of hydrogen-bond acceptors (Lipinski definition) is 4. The number of rotatable bonds is 7. The number of nitrogens with zero attached hydrogens (tertiary/aromatic N) is 1. The van der Waals surface area contributed by atoms with Crippen molar-refractivity contribution in [2.45, 2.75) is 19.4 Å². The third kappa shape index (κ3) is 5.49. The minimum absolute atomic E-state index is 0.163. The van der Waals surface area contributed by atoms with Crippen LogP contribution in [0.3, 0.4) is 0 Å². The Bertz CT molecular complexity index is 1970. The Labute approximate surface area is 244 Å². The van der Waals surface area contributed by atoms with Gasteiger partial charge in [0.2, 0.25) is 0 Å². The molecule has 5 nitrogen and oxygen atoms in total. The van der Waals surface area contributed by atoms with E-state index in [0.717, 1.165) is 48.8 Å². The molecule has 0 aliphatic heterocycles. The highest BCUT2D eigenvalue weighted by Crippen LogP contribution is 2.34. The van der Waals surface area contributed by atoms with E-state index in [0.29, 0.717) is 12.0 Å². The quantitative estimate of drug-likeness (QED) is 0.200. The molecule has 208 valence electrons. The van der Waals surface area contributed by atoms with Crippen molar-refractivity contribution in [1.29, 1.82) is 0 Å². The van der Waals surface area contributed by atoms with Crippen molar-refractivity contribution in [3.8, 4) is 11.1 Å². The molecule has 6 aromatic rings. The van der Waals surface area contributed by atoms with Gasteiger partial charge in [-0.15, -0.1) is 0 Å². The Morgan fingerprint density at radius 2 is 1.55 bits per heavy atom. The number of amides is 1. The first kappa shape index (κ1) is 27.2. The minimum atomic E-state index is -1.02. The van der Waals surface area contributed by atoms with Gasteiger partial charge in [0.15, 0.2) is 0 Å². The summed E-state index contributed by atoms with van der Waals surface area (Å²) in [5.41, 5.74) is 4.51. The fraction of sp³-hybridized carbons (Fsp3) is 0.0882. The number of carbonyl (C=O) groups excluding carboxylic acids is 1. The maximum Gasteiger partial charge on any atom is 0.335 e. The molecule has 0 fully saturated rings. The molecule has 8 heteroatoms. The lowest BCUT2D eigenvalue weighted by Gasteiger charge is -2.16. The largest absolute Gasteiger partial charge is 0.478 e. The lowest BCUT2D eigenvalue weighted by atomic mass is 9.96. The molecule has 0 saturated heterocycles. The van der Waals surface area contributed by atoms with Gasteiger partial charge in [-0.2, -0.15) is 4.37 Å². The van der Waals surface area contributed by atoms with E-state index in [1.54, 1.807) is 36.4 Å². The van der Waals surface area contributed by atoms with Crippen LogP contribution < -0.4 is 5.32 Å². The lowest BCUT2D eigenvalue weighted by molar-refractivity contribution is 0.0696. The van der Waals surface area contributed by atoms with E-state index in [9.17, 15) is 23.5 Å². The average Bonchev–Trinajstić information content (AvgIpc) is 3.39. The summed E-state index contributed by atoms with van der Waals surface area (Å²) in [6.07, 6.45) is 0.439. The van der Waals surface area contributed by atoms with E-state index >= 15 is 0 Å². The summed E-state index contributed by atoms with van der Waals surface area (Å²) in [6, 6.07) is 26.3. The van der Waals surface area contributed by atoms with Gasteiger partial charge in [-0.05, 0) is 100 Å². The number of halogens is 2. The van der Waals surface area contributed by atoms with Gasteiger partial charge in [-0.25, -0.2) is 13.6 Å². The van der Waals surface area contributed by atoms with Crippen molar-refractivity contribution >= 4 is 44.3 Å². The Hall–Kier alpha value is -4.95. The third-order valence-corrected chi connectivity index (χ3v) is 8.14. The van der Waals surface area contributed by atoms with Crippen LogP contribution in [0.15, 0.2) is 97.1 Å². The zero-order valence-corrected chi connectivity index (χ0v) is 23.2. The van der Waals surface area contributed by atoms with Crippen LogP contribution in [0.1, 0.15) is 50.5 Å². The first-order valence-electron chi connectivity index (χ1n) is 13.3. The summed E-state index contributed by atoms with van der Waals surface area (Å²) >= 11 is 1.28. The molecule has 0 saturated carbocycles. The van der Waals surface area contributed by atoms with E-state index in [-0.39, 0.29) is 23.1 Å². The molecule has 0 radical (unpaired) electrons. The summed E-state index contributed by atoms with van der Waals surface area (Å²) in [4.78, 5) is 25.1. The van der Waals surface area contributed by atoms with Gasteiger partial charge in [-0.1, -0.05) is 48.5 Å². The zero-order valence-electron chi connectivity index (χ0n) is 22.4. The van der Waals surface area contributed by atoms with E-state index in [2.05, 4.69) is 5.32 Å². The van der Waals surface area contributed by atoms with Crippen LogP contribution in [0.5, 0.6) is 0 Å². The second-order valence-corrected chi connectivity index (χ2v) is 11.0. The molecule has 0 bridgehead atoms. The molecule has 1 atom stereocenters. The smallest absolute Gasteiger partial charge is 0.335 e. The Balaban J connectivity index is 1.40.